The van der Waals surface area contributed by atoms with E-state index < -0.39 is 0 Å². The molecule has 0 spiro atoms. The SMILES string of the molecule is COc1ccc2c(-n3cnc(C#N)n3)nccc2c1. The van der Waals surface area contributed by atoms with Crippen molar-refractivity contribution in [2.75, 3.05) is 7.11 Å². The van der Waals surface area contributed by atoms with Crippen LogP contribution in [0.25, 0.3) is 16.6 Å². The minimum absolute atomic E-state index is 0.118. The second kappa shape index (κ2) is 4.38. The van der Waals surface area contributed by atoms with Crippen LogP contribution in [0.1, 0.15) is 5.82 Å². The zero-order valence-electron chi connectivity index (χ0n) is 10.1. The number of rotatable bonds is 2. The van der Waals surface area contributed by atoms with Crippen molar-refractivity contribution in [1.82, 2.24) is 19.7 Å². The van der Waals surface area contributed by atoms with E-state index in [0.29, 0.717) is 5.82 Å². The number of benzene rings is 1. The van der Waals surface area contributed by atoms with Crippen LogP contribution in [0.5, 0.6) is 5.75 Å². The van der Waals surface area contributed by atoms with Crippen LogP contribution in [0.4, 0.5) is 0 Å². The molecule has 3 aromatic rings. The van der Waals surface area contributed by atoms with Crippen LogP contribution in [-0.2, 0) is 0 Å². The molecular weight excluding hydrogens is 242 g/mol. The Bertz CT molecular complexity index is 787. The molecule has 2 heterocycles. The largest absolute Gasteiger partial charge is 0.497 e. The minimum Gasteiger partial charge on any atom is -0.497 e. The van der Waals surface area contributed by atoms with Gasteiger partial charge in [-0.2, -0.15) is 5.26 Å². The van der Waals surface area contributed by atoms with E-state index in [1.165, 1.54) is 11.0 Å². The summed E-state index contributed by atoms with van der Waals surface area (Å²) >= 11 is 0. The molecule has 0 amide bonds. The van der Waals surface area contributed by atoms with E-state index in [0.717, 1.165) is 16.5 Å². The Morgan fingerprint density at radius 2 is 2.16 bits per heavy atom. The number of aromatic nitrogens is 4. The van der Waals surface area contributed by atoms with Crippen LogP contribution >= 0.6 is 0 Å². The molecule has 0 atom stereocenters. The first-order valence-electron chi connectivity index (χ1n) is 5.57. The highest BCUT2D eigenvalue weighted by Crippen LogP contribution is 2.24. The molecule has 0 aliphatic rings. The third-order valence-electron chi connectivity index (χ3n) is 2.76. The van der Waals surface area contributed by atoms with Gasteiger partial charge in [-0.05, 0) is 29.7 Å². The topological polar surface area (TPSA) is 76.6 Å². The van der Waals surface area contributed by atoms with Gasteiger partial charge < -0.3 is 4.74 Å². The van der Waals surface area contributed by atoms with Crippen molar-refractivity contribution in [3.8, 4) is 17.6 Å². The van der Waals surface area contributed by atoms with E-state index in [2.05, 4.69) is 15.1 Å². The lowest BCUT2D eigenvalue weighted by molar-refractivity contribution is 0.415. The van der Waals surface area contributed by atoms with Gasteiger partial charge in [0.05, 0.1) is 7.11 Å². The Morgan fingerprint density at radius 3 is 2.89 bits per heavy atom. The fraction of sp³-hybridized carbons (Fsp3) is 0.0769. The van der Waals surface area contributed by atoms with Gasteiger partial charge in [0, 0.05) is 11.6 Å². The predicted molar refractivity (Wildman–Crippen MR) is 67.9 cm³/mol. The van der Waals surface area contributed by atoms with Crippen LogP contribution in [0.3, 0.4) is 0 Å². The van der Waals surface area contributed by atoms with Gasteiger partial charge in [-0.3, -0.25) is 0 Å². The highest BCUT2D eigenvalue weighted by atomic mass is 16.5. The maximum atomic E-state index is 8.75. The van der Waals surface area contributed by atoms with Crippen molar-refractivity contribution in [2.24, 2.45) is 0 Å². The van der Waals surface area contributed by atoms with E-state index in [4.69, 9.17) is 10.00 Å². The van der Waals surface area contributed by atoms with Crippen LogP contribution in [0, 0.1) is 11.3 Å². The summed E-state index contributed by atoms with van der Waals surface area (Å²) in [5.74, 6) is 1.53. The van der Waals surface area contributed by atoms with E-state index >= 15 is 0 Å². The zero-order valence-corrected chi connectivity index (χ0v) is 10.1. The smallest absolute Gasteiger partial charge is 0.252 e. The summed E-state index contributed by atoms with van der Waals surface area (Å²) in [6.45, 7) is 0. The molecule has 2 aromatic heterocycles. The monoisotopic (exact) mass is 251 g/mol. The number of methoxy groups -OCH3 is 1. The van der Waals surface area contributed by atoms with Crippen LogP contribution in [0.2, 0.25) is 0 Å². The molecule has 19 heavy (non-hydrogen) atoms. The number of pyridine rings is 1. The first-order chi connectivity index (χ1) is 9.31. The molecule has 0 radical (unpaired) electrons. The van der Waals surface area contributed by atoms with Crippen LogP contribution < -0.4 is 4.74 Å². The number of fused-ring (bicyclic) bond motifs is 1. The van der Waals surface area contributed by atoms with Gasteiger partial charge in [0.15, 0.2) is 5.82 Å². The second-order valence-electron chi connectivity index (χ2n) is 3.85. The van der Waals surface area contributed by atoms with Crippen molar-refractivity contribution in [3.63, 3.8) is 0 Å². The first kappa shape index (κ1) is 11.2. The van der Waals surface area contributed by atoms with E-state index in [1.54, 1.807) is 13.3 Å². The molecule has 0 aliphatic carbocycles. The molecule has 6 heteroatoms. The van der Waals surface area contributed by atoms with Crippen molar-refractivity contribution in [3.05, 3.63) is 42.6 Å². The fourth-order valence-corrected chi connectivity index (χ4v) is 1.87. The lowest BCUT2D eigenvalue weighted by Crippen LogP contribution is -1.99. The third-order valence-corrected chi connectivity index (χ3v) is 2.76. The number of nitrogens with zero attached hydrogens (tertiary/aromatic N) is 5. The molecule has 1 aromatic carbocycles. The molecule has 0 fully saturated rings. The summed E-state index contributed by atoms with van der Waals surface area (Å²) in [5.41, 5.74) is 0. The standard InChI is InChI=1S/C13H9N5O/c1-19-10-2-3-11-9(6-10)4-5-15-13(11)18-8-16-12(7-14)17-18/h2-6,8H,1H3. The Labute approximate surface area is 108 Å². The Hall–Kier alpha value is -2.94. The quantitative estimate of drug-likeness (QED) is 0.692. The highest BCUT2D eigenvalue weighted by Gasteiger charge is 2.08. The first-order valence-corrected chi connectivity index (χ1v) is 5.57. The van der Waals surface area contributed by atoms with Gasteiger partial charge in [-0.25, -0.2) is 14.6 Å². The molecule has 0 N–H and O–H groups in total. The molecule has 0 saturated carbocycles. The Morgan fingerprint density at radius 1 is 1.26 bits per heavy atom. The fourth-order valence-electron chi connectivity index (χ4n) is 1.87. The molecular formula is C13H9N5O. The highest BCUT2D eigenvalue weighted by molar-refractivity contribution is 5.89. The minimum atomic E-state index is 0.118. The van der Waals surface area contributed by atoms with E-state index in [1.807, 2.05) is 30.3 Å². The maximum absolute atomic E-state index is 8.75. The van der Waals surface area contributed by atoms with Crippen LogP contribution in [-0.4, -0.2) is 26.9 Å². The third kappa shape index (κ3) is 1.87. The Kier molecular flexibility index (Phi) is 2.58. The summed E-state index contributed by atoms with van der Waals surface area (Å²) in [7, 11) is 1.62. The normalized spacial score (nSPS) is 10.3. The summed E-state index contributed by atoms with van der Waals surface area (Å²) < 4.78 is 6.68. The zero-order chi connectivity index (χ0) is 13.2. The average Bonchev–Trinajstić information content (AvgIpc) is 2.94. The maximum Gasteiger partial charge on any atom is 0.252 e. The summed E-state index contributed by atoms with van der Waals surface area (Å²) in [6.07, 6.45) is 3.16. The van der Waals surface area contributed by atoms with E-state index in [9.17, 15) is 0 Å². The molecule has 0 saturated heterocycles. The van der Waals surface area contributed by atoms with Crippen molar-refractivity contribution >= 4 is 10.8 Å². The summed E-state index contributed by atoms with van der Waals surface area (Å²) in [5, 5.41) is 14.7. The second-order valence-corrected chi connectivity index (χ2v) is 3.85. The Balaban J connectivity index is 2.21. The summed E-state index contributed by atoms with van der Waals surface area (Å²) in [6, 6.07) is 9.47. The van der Waals surface area contributed by atoms with Crippen molar-refractivity contribution in [1.29, 1.82) is 5.26 Å². The summed E-state index contributed by atoms with van der Waals surface area (Å²) in [4.78, 5) is 8.17. The van der Waals surface area contributed by atoms with Gasteiger partial charge in [-0.1, -0.05) is 0 Å². The van der Waals surface area contributed by atoms with Crippen molar-refractivity contribution < 1.29 is 4.74 Å². The van der Waals surface area contributed by atoms with Gasteiger partial charge in [0.25, 0.3) is 5.82 Å². The van der Waals surface area contributed by atoms with Gasteiger partial charge in [0.1, 0.15) is 18.1 Å². The molecule has 6 nitrogen and oxygen atoms in total. The van der Waals surface area contributed by atoms with Gasteiger partial charge in [-0.15, -0.1) is 5.10 Å². The molecule has 0 unspecified atom stereocenters. The average molecular weight is 251 g/mol. The number of nitriles is 1. The number of hydrogen-bond donors (Lipinski definition) is 0. The van der Waals surface area contributed by atoms with Gasteiger partial charge >= 0.3 is 0 Å². The molecule has 0 aliphatic heterocycles. The lowest BCUT2D eigenvalue weighted by Gasteiger charge is -2.06. The van der Waals surface area contributed by atoms with E-state index in [-0.39, 0.29) is 5.82 Å². The van der Waals surface area contributed by atoms with Crippen LogP contribution in [0.15, 0.2) is 36.8 Å². The molecule has 0 bridgehead atoms. The predicted octanol–water partition coefficient (Wildman–Crippen LogP) is 1.70. The van der Waals surface area contributed by atoms with Gasteiger partial charge in [0.2, 0.25) is 0 Å². The van der Waals surface area contributed by atoms with Crippen molar-refractivity contribution in [2.45, 2.75) is 0 Å². The number of ether oxygens (including phenoxy) is 1. The lowest BCUT2D eigenvalue weighted by atomic mass is 10.1. The number of hydrogen-bond acceptors (Lipinski definition) is 5. The molecule has 92 valence electrons. The molecule has 3 rings (SSSR count).